The van der Waals surface area contributed by atoms with Crippen LogP contribution in [0.15, 0.2) is 0 Å². The number of rotatable bonds is 9. The van der Waals surface area contributed by atoms with Gasteiger partial charge in [-0.2, -0.15) is 0 Å². The van der Waals surface area contributed by atoms with E-state index in [2.05, 4.69) is 27.7 Å². The van der Waals surface area contributed by atoms with E-state index in [0.717, 1.165) is 13.2 Å². The summed E-state index contributed by atoms with van der Waals surface area (Å²) in [5, 5.41) is 0.338. The van der Waals surface area contributed by atoms with Crippen molar-refractivity contribution in [1.29, 1.82) is 0 Å². The van der Waals surface area contributed by atoms with E-state index < -0.39 is 9.04 Å². The van der Waals surface area contributed by atoms with Crippen LogP contribution in [-0.2, 0) is 9.16 Å². The van der Waals surface area contributed by atoms with Gasteiger partial charge in [-0.3, -0.25) is 0 Å². The molecule has 0 unspecified atom stereocenters. The molecule has 0 heterocycles. The summed E-state index contributed by atoms with van der Waals surface area (Å²) in [5.74, 6) is 0. The van der Waals surface area contributed by atoms with Crippen LogP contribution in [0.1, 0.15) is 53.4 Å². The fraction of sp³-hybridized carbons (Fsp3) is 1.00. The number of unbranched alkanes of at least 4 members (excludes halogenated alkanes) is 3. The van der Waals surface area contributed by atoms with E-state index >= 15 is 0 Å². The number of methoxy groups -OCH3 is 1. The van der Waals surface area contributed by atoms with Crippen LogP contribution in [-0.4, -0.2) is 29.4 Å². The van der Waals surface area contributed by atoms with Gasteiger partial charge in [0, 0.05) is 7.11 Å². The van der Waals surface area contributed by atoms with Gasteiger partial charge >= 0.3 is 0 Å². The Labute approximate surface area is 103 Å². The van der Waals surface area contributed by atoms with Crippen LogP contribution < -0.4 is 0 Å². The second kappa shape index (κ2) is 9.20. The van der Waals surface area contributed by atoms with E-state index in [0.29, 0.717) is 5.04 Å². The summed E-state index contributed by atoms with van der Waals surface area (Å²) in [6.07, 6.45) is 5.35. The van der Waals surface area contributed by atoms with Crippen molar-refractivity contribution in [2.24, 2.45) is 0 Å². The lowest BCUT2D eigenvalue weighted by molar-refractivity contribution is 0.142. The largest absolute Gasteiger partial charge is 0.414 e. The average molecular weight is 245 g/mol. The fourth-order valence-electron chi connectivity index (χ4n) is 1.62. The Kier molecular flexibility index (Phi) is 9.28. The molecule has 0 bridgehead atoms. The van der Waals surface area contributed by atoms with Gasteiger partial charge in [0.15, 0.2) is 0 Å². The number of ether oxygens (including phenoxy) is 1. The third-order valence-corrected chi connectivity index (χ3v) is 5.69. The molecule has 0 saturated carbocycles. The maximum Gasteiger partial charge on any atom is 0.217 e. The lowest BCUT2D eigenvalue weighted by Crippen LogP contribution is -2.30. The van der Waals surface area contributed by atoms with Crippen molar-refractivity contribution in [3.63, 3.8) is 0 Å². The summed E-state index contributed by atoms with van der Waals surface area (Å²) in [6.45, 7) is 10.6. The zero-order valence-corrected chi connectivity index (χ0v) is 12.8. The number of hydrogen-bond donors (Lipinski definition) is 0. The molecule has 0 N–H and O–H groups in total. The van der Waals surface area contributed by atoms with Crippen molar-refractivity contribution in [3.8, 4) is 0 Å². The molecule has 0 rings (SSSR count). The van der Waals surface area contributed by atoms with Crippen molar-refractivity contribution in [1.82, 2.24) is 0 Å². The summed E-state index contributed by atoms with van der Waals surface area (Å²) < 4.78 is 11.0. The first-order valence-electron chi connectivity index (χ1n) is 6.50. The third-order valence-electron chi connectivity index (χ3n) is 2.66. The highest BCUT2D eigenvalue weighted by atomic mass is 28.3. The van der Waals surface area contributed by atoms with Crippen molar-refractivity contribution in [2.45, 2.75) is 64.5 Å². The molecule has 0 aliphatic heterocycles. The highest BCUT2D eigenvalue weighted by Gasteiger charge is 2.28. The van der Waals surface area contributed by atoms with Crippen LogP contribution in [0.2, 0.25) is 11.1 Å². The molecule has 0 saturated heterocycles. The summed E-state index contributed by atoms with van der Waals surface area (Å²) in [6, 6.07) is 1.28. The van der Waals surface area contributed by atoms with Gasteiger partial charge in [-0.1, -0.05) is 53.4 Å². The van der Waals surface area contributed by atoms with E-state index in [-0.39, 0.29) is 0 Å². The predicted octanol–water partition coefficient (Wildman–Crippen LogP) is 4.02. The molecule has 0 aromatic carbocycles. The first kappa shape index (κ1) is 16.1. The molecule has 16 heavy (non-hydrogen) atoms. The lowest BCUT2D eigenvalue weighted by atomic mass is 10.2. The van der Waals surface area contributed by atoms with Gasteiger partial charge < -0.3 is 9.16 Å². The minimum Gasteiger partial charge on any atom is -0.414 e. The van der Waals surface area contributed by atoms with E-state index in [1.54, 1.807) is 7.11 Å². The second-order valence-corrected chi connectivity index (χ2v) is 8.46. The topological polar surface area (TPSA) is 18.5 Å². The minimum absolute atomic E-state index is 0.338. The Balaban J connectivity index is 3.82. The van der Waals surface area contributed by atoms with Crippen LogP contribution >= 0.6 is 0 Å². The first-order chi connectivity index (χ1) is 7.52. The van der Waals surface area contributed by atoms with E-state index in [9.17, 15) is 0 Å². The highest BCUT2D eigenvalue weighted by molar-refractivity contribution is 6.55. The monoisotopic (exact) mass is 245 g/mol. The smallest absolute Gasteiger partial charge is 0.217 e. The van der Waals surface area contributed by atoms with Gasteiger partial charge in [0.05, 0.1) is 13.2 Å². The summed E-state index contributed by atoms with van der Waals surface area (Å²) in [5.41, 5.74) is 0. The highest BCUT2D eigenvalue weighted by Crippen LogP contribution is 2.31. The summed E-state index contributed by atoms with van der Waals surface area (Å²) >= 11 is 0. The molecule has 3 heteroatoms. The van der Waals surface area contributed by atoms with Crippen molar-refractivity contribution < 1.29 is 9.16 Å². The zero-order chi connectivity index (χ0) is 12.4. The minimum atomic E-state index is -0.693. The molecule has 0 amide bonds. The van der Waals surface area contributed by atoms with E-state index in [4.69, 9.17) is 9.16 Å². The Morgan fingerprint density at radius 1 is 1.00 bits per heavy atom. The van der Waals surface area contributed by atoms with E-state index in [1.807, 2.05) is 0 Å². The van der Waals surface area contributed by atoms with Gasteiger partial charge in [-0.15, -0.1) is 0 Å². The van der Waals surface area contributed by atoms with Crippen LogP contribution in [0.4, 0.5) is 0 Å². The quantitative estimate of drug-likeness (QED) is 0.451. The molecular formula is C13H29O2Si. The van der Waals surface area contributed by atoms with Crippen LogP contribution in [0.5, 0.6) is 0 Å². The van der Waals surface area contributed by atoms with Crippen LogP contribution in [0.25, 0.3) is 0 Å². The molecule has 0 spiro atoms. The van der Waals surface area contributed by atoms with Gasteiger partial charge in [-0.25, -0.2) is 0 Å². The number of hydrogen-bond acceptors (Lipinski definition) is 2. The van der Waals surface area contributed by atoms with Gasteiger partial charge in [-0.05, 0) is 11.1 Å². The Morgan fingerprint density at radius 3 is 2.19 bits per heavy atom. The Hall–Kier alpha value is 0.137. The molecule has 0 aliphatic carbocycles. The van der Waals surface area contributed by atoms with Crippen molar-refractivity contribution in [3.05, 3.63) is 0 Å². The van der Waals surface area contributed by atoms with Crippen molar-refractivity contribution in [2.75, 3.05) is 20.3 Å². The maximum absolute atomic E-state index is 6.00. The predicted molar refractivity (Wildman–Crippen MR) is 72.2 cm³/mol. The molecule has 2 nitrogen and oxygen atoms in total. The molecule has 0 atom stereocenters. The average Bonchev–Trinajstić information content (AvgIpc) is 2.20. The first-order valence-corrected chi connectivity index (χ1v) is 8.12. The normalized spacial score (nSPS) is 12.4. The molecule has 0 aromatic rings. The zero-order valence-electron chi connectivity index (χ0n) is 11.8. The van der Waals surface area contributed by atoms with Crippen LogP contribution in [0.3, 0.4) is 0 Å². The van der Waals surface area contributed by atoms with Gasteiger partial charge in [0.1, 0.15) is 0 Å². The molecule has 0 fully saturated rings. The van der Waals surface area contributed by atoms with Gasteiger partial charge in [0.25, 0.3) is 0 Å². The molecular weight excluding hydrogens is 216 g/mol. The lowest BCUT2D eigenvalue weighted by Gasteiger charge is -2.28. The standard InChI is InChI=1S/C13H29O2Si/c1-6-7-8-9-12-16(13(2,3)4)15-11-10-14-5/h6-12H2,1-5H3. The second-order valence-electron chi connectivity index (χ2n) is 5.33. The van der Waals surface area contributed by atoms with Gasteiger partial charge in [0.2, 0.25) is 9.04 Å². The molecule has 0 aliphatic rings. The molecule has 97 valence electrons. The summed E-state index contributed by atoms with van der Waals surface area (Å²) in [7, 11) is 1.04. The van der Waals surface area contributed by atoms with Crippen molar-refractivity contribution >= 4 is 9.04 Å². The van der Waals surface area contributed by atoms with Crippen LogP contribution in [0, 0.1) is 0 Å². The van der Waals surface area contributed by atoms with E-state index in [1.165, 1.54) is 31.7 Å². The molecule has 1 radical (unpaired) electrons. The summed E-state index contributed by atoms with van der Waals surface area (Å²) in [4.78, 5) is 0. The Bertz CT molecular complexity index is 155. The fourth-order valence-corrected chi connectivity index (χ4v) is 3.85. The Morgan fingerprint density at radius 2 is 1.69 bits per heavy atom. The SMILES string of the molecule is CCCCCC[Si](OCCOC)C(C)(C)C. The maximum atomic E-state index is 6.00. The third kappa shape index (κ3) is 8.31. The molecule has 0 aromatic heterocycles.